The number of amides is 1. The summed E-state index contributed by atoms with van der Waals surface area (Å²) in [6.07, 6.45) is -0.988. The molecule has 10 heavy (non-hydrogen) atoms. The van der Waals surface area contributed by atoms with Gasteiger partial charge in [0.25, 0.3) is 6.47 Å². The standard InChI is InChI=1S/C5H7NO4/c7-3-10-4-1-2-6(4)5(8)9/h3-4H,1-2H2,(H,8,9). The highest BCUT2D eigenvalue weighted by Gasteiger charge is 2.33. The van der Waals surface area contributed by atoms with Crippen molar-refractivity contribution in [3.8, 4) is 0 Å². The average Bonchev–Trinajstić information content (AvgIpc) is 1.78. The van der Waals surface area contributed by atoms with Gasteiger partial charge in [0.15, 0.2) is 6.23 Å². The molecule has 5 nitrogen and oxygen atoms in total. The number of hydrogen-bond acceptors (Lipinski definition) is 3. The number of likely N-dealkylation sites (tertiary alicyclic amines) is 1. The van der Waals surface area contributed by atoms with E-state index in [4.69, 9.17) is 5.11 Å². The molecule has 1 aliphatic rings. The van der Waals surface area contributed by atoms with Crippen molar-refractivity contribution >= 4 is 12.6 Å². The molecule has 1 N–H and O–H groups in total. The molecule has 0 aromatic rings. The van der Waals surface area contributed by atoms with Crippen molar-refractivity contribution in [2.45, 2.75) is 12.6 Å². The molecule has 0 aliphatic carbocycles. The lowest BCUT2D eigenvalue weighted by Gasteiger charge is -2.36. The van der Waals surface area contributed by atoms with Gasteiger partial charge in [-0.3, -0.25) is 9.69 Å². The summed E-state index contributed by atoms with van der Waals surface area (Å²) in [5.74, 6) is 0. The van der Waals surface area contributed by atoms with Crippen molar-refractivity contribution in [1.82, 2.24) is 4.90 Å². The number of carbonyl (C=O) groups excluding carboxylic acids is 1. The second-order valence-corrected chi connectivity index (χ2v) is 1.95. The van der Waals surface area contributed by atoms with Gasteiger partial charge in [-0.1, -0.05) is 0 Å². The van der Waals surface area contributed by atoms with Crippen molar-refractivity contribution in [3.05, 3.63) is 0 Å². The molecule has 1 amide bonds. The van der Waals surface area contributed by atoms with Crippen LogP contribution in [0, 0.1) is 0 Å². The second kappa shape index (κ2) is 2.55. The van der Waals surface area contributed by atoms with Gasteiger partial charge in [-0.15, -0.1) is 0 Å². The van der Waals surface area contributed by atoms with Gasteiger partial charge in [-0.05, 0) is 0 Å². The zero-order valence-electron chi connectivity index (χ0n) is 5.19. The Kier molecular flexibility index (Phi) is 1.75. The molecule has 0 aromatic carbocycles. The first-order chi connectivity index (χ1) is 4.75. The molecule has 1 heterocycles. The van der Waals surface area contributed by atoms with Gasteiger partial charge < -0.3 is 9.84 Å². The van der Waals surface area contributed by atoms with E-state index in [1.54, 1.807) is 0 Å². The van der Waals surface area contributed by atoms with Crippen LogP contribution < -0.4 is 0 Å². The number of hydrogen-bond donors (Lipinski definition) is 1. The van der Waals surface area contributed by atoms with E-state index in [1.165, 1.54) is 0 Å². The van der Waals surface area contributed by atoms with Crippen molar-refractivity contribution in [3.63, 3.8) is 0 Å². The van der Waals surface area contributed by atoms with Crippen LogP contribution in [-0.2, 0) is 9.53 Å². The molecular formula is C5H7NO4. The Bertz CT molecular complexity index is 158. The molecular weight excluding hydrogens is 138 g/mol. The summed E-state index contributed by atoms with van der Waals surface area (Å²) in [5, 5.41) is 8.36. The molecule has 0 bridgehead atoms. The minimum Gasteiger partial charge on any atom is -0.465 e. The van der Waals surface area contributed by atoms with Crippen LogP contribution in [0.3, 0.4) is 0 Å². The minimum atomic E-state index is -1.04. The van der Waals surface area contributed by atoms with E-state index < -0.39 is 12.3 Å². The number of nitrogens with zero attached hydrogens (tertiary/aromatic N) is 1. The lowest BCUT2D eigenvalue weighted by molar-refractivity contribution is -0.151. The van der Waals surface area contributed by atoms with Crippen molar-refractivity contribution < 1.29 is 19.4 Å². The van der Waals surface area contributed by atoms with Crippen LogP contribution in [0.1, 0.15) is 6.42 Å². The molecule has 5 heteroatoms. The first-order valence-electron chi connectivity index (χ1n) is 2.84. The zero-order valence-corrected chi connectivity index (χ0v) is 5.19. The maximum atomic E-state index is 10.2. The molecule has 1 aliphatic heterocycles. The third-order valence-electron chi connectivity index (χ3n) is 1.42. The van der Waals surface area contributed by atoms with Gasteiger partial charge in [0, 0.05) is 13.0 Å². The van der Waals surface area contributed by atoms with Gasteiger partial charge in [0.05, 0.1) is 0 Å². The Morgan fingerprint density at radius 2 is 2.50 bits per heavy atom. The quantitative estimate of drug-likeness (QED) is 0.549. The largest absolute Gasteiger partial charge is 0.465 e. The van der Waals surface area contributed by atoms with Gasteiger partial charge in [-0.2, -0.15) is 0 Å². The van der Waals surface area contributed by atoms with Crippen molar-refractivity contribution in [2.75, 3.05) is 6.54 Å². The van der Waals surface area contributed by atoms with E-state index in [-0.39, 0.29) is 6.47 Å². The summed E-state index contributed by atoms with van der Waals surface area (Å²) in [5.41, 5.74) is 0. The SMILES string of the molecule is O=COC1CCN1C(=O)O. The highest BCUT2D eigenvalue weighted by atomic mass is 16.5. The third-order valence-corrected chi connectivity index (χ3v) is 1.42. The van der Waals surface area contributed by atoms with Crippen LogP contribution in [0.2, 0.25) is 0 Å². The molecule has 1 rings (SSSR count). The Morgan fingerprint density at radius 3 is 2.80 bits per heavy atom. The first kappa shape index (κ1) is 6.85. The monoisotopic (exact) mass is 145 g/mol. The Morgan fingerprint density at radius 1 is 1.80 bits per heavy atom. The van der Waals surface area contributed by atoms with Crippen LogP contribution in [0.25, 0.3) is 0 Å². The predicted octanol–water partition coefficient (Wildman–Crippen LogP) is -0.131. The first-order valence-corrected chi connectivity index (χ1v) is 2.84. The normalized spacial score (nSPS) is 23.2. The van der Waals surface area contributed by atoms with Crippen LogP contribution in [0.4, 0.5) is 4.79 Å². The maximum absolute atomic E-state index is 10.2. The van der Waals surface area contributed by atoms with Gasteiger partial charge in [0.2, 0.25) is 0 Å². The van der Waals surface area contributed by atoms with E-state index in [0.717, 1.165) is 4.90 Å². The molecule has 0 aromatic heterocycles. The highest BCUT2D eigenvalue weighted by Crippen LogP contribution is 2.16. The fraction of sp³-hybridized carbons (Fsp3) is 0.600. The smallest absolute Gasteiger partial charge is 0.410 e. The van der Waals surface area contributed by atoms with Crippen molar-refractivity contribution in [1.29, 1.82) is 0 Å². The fourth-order valence-electron chi connectivity index (χ4n) is 0.788. The van der Waals surface area contributed by atoms with Crippen LogP contribution in [0.5, 0.6) is 0 Å². The zero-order chi connectivity index (χ0) is 7.56. The predicted molar refractivity (Wildman–Crippen MR) is 30.3 cm³/mol. The summed E-state index contributed by atoms with van der Waals surface area (Å²) in [7, 11) is 0. The van der Waals surface area contributed by atoms with Gasteiger partial charge in [0.1, 0.15) is 0 Å². The number of carbonyl (C=O) groups is 2. The lowest BCUT2D eigenvalue weighted by Crippen LogP contribution is -2.51. The fourth-order valence-corrected chi connectivity index (χ4v) is 0.788. The molecule has 1 fully saturated rings. The van der Waals surface area contributed by atoms with Crippen LogP contribution >= 0.6 is 0 Å². The maximum Gasteiger partial charge on any atom is 0.410 e. The van der Waals surface area contributed by atoms with E-state index in [0.29, 0.717) is 13.0 Å². The van der Waals surface area contributed by atoms with E-state index in [2.05, 4.69) is 4.74 Å². The third kappa shape index (κ3) is 1.02. The molecule has 1 unspecified atom stereocenters. The Hall–Kier alpha value is -1.26. The molecule has 56 valence electrons. The Labute approximate surface area is 57.2 Å². The number of ether oxygens (including phenoxy) is 1. The Balaban J connectivity index is 2.35. The number of carboxylic acid groups (broad SMARTS) is 1. The summed E-state index contributed by atoms with van der Waals surface area (Å²) in [6.45, 7) is 0.716. The number of rotatable bonds is 2. The topological polar surface area (TPSA) is 66.8 Å². The average molecular weight is 145 g/mol. The lowest BCUT2D eigenvalue weighted by atomic mass is 10.2. The molecule has 0 spiro atoms. The minimum absolute atomic E-state index is 0.264. The molecule has 1 saturated heterocycles. The second-order valence-electron chi connectivity index (χ2n) is 1.95. The van der Waals surface area contributed by atoms with Gasteiger partial charge >= 0.3 is 6.09 Å². The van der Waals surface area contributed by atoms with Crippen LogP contribution in [-0.4, -0.2) is 35.3 Å². The van der Waals surface area contributed by atoms with Gasteiger partial charge in [-0.25, -0.2) is 4.79 Å². The van der Waals surface area contributed by atoms with Crippen molar-refractivity contribution in [2.24, 2.45) is 0 Å². The van der Waals surface area contributed by atoms with E-state index >= 15 is 0 Å². The van der Waals surface area contributed by atoms with E-state index in [9.17, 15) is 9.59 Å². The van der Waals surface area contributed by atoms with E-state index in [1.807, 2.05) is 0 Å². The summed E-state index contributed by atoms with van der Waals surface area (Å²) in [6, 6.07) is 0. The van der Waals surface area contributed by atoms with Crippen LogP contribution in [0.15, 0.2) is 0 Å². The molecule has 0 saturated carbocycles. The highest BCUT2D eigenvalue weighted by molar-refractivity contribution is 5.66. The molecule has 1 atom stereocenters. The summed E-state index contributed by atoms with van der Waals surface area (Å²) < 4.78 is 4.42. The summed E-state index contributed by atoms with van der Waals surface area (Å²) >= 11 is 0. The molecule has 0 radical (unpaired) electrons. The summed E-state index contributed by atoms with van der Waals surface area (Å²) in [4.78, 5) is 21.0.